The van der Waals surface area contributed by atoms with Gasteiger partial charge in [-0.15, -0.1) is 0 Å². The highest BCUT2D eigenvalue weighted by molar-refractivity contribution is 8.02. The van der Waals surface area contributed by atoms with Crippen molar-refractivity contribution in [2.24, 2.45) is 0 Å². The van der Waals surface area contributed by atoms with Gasteiger partial charge in [-0.25, -0.2) is 4.21 Å². The zero-order chi connectivity index (χ0) is 27.7. The fourth-order valence-electron chi connectivity index (χ4n) is 4.35. The van der Waals surface area contributed by atoms with Gasteiger partial charge in [-0.05, 0) is 91.1 Å². The van der Waals surface area contributed by atoms with Crippen molar-refractivity contribution in [2.75, 3.05) is 24.2 Å². The van der Waals surface area contributed by atoms with Crippen LogP contribution in [0, 0.1) is 18.3 Å². The smallest absolute Gasteiger partial charge is 0.0991 e. The zero-order valence-corrected chi connectivity index (χ0v) is 25.1. The number of aryl methyl sites for hydroxylation is 1. The Kier molecular flexibility index (Phi) is 16.0. The summed E-state index contributed by atoms with van der Waals surface area (Å²) in [6.07, 6.45) is 7.65. The number of rotatable bonds is 14. The van der Waals surface area contributed by atoms with Crippen LogP contribution in [0.2, 0.25) is 0 Å². The van der Waals surface area contributed by atoms with Crippen LogP contribution in [0.1, 0.15) is 114 Å². The zero-order valence-electron chi connectivity index (χ0n) is 24.3. The fourth-order valence-corrected chi connectivity index (χ4v) is 6.37. The first-order valence-electron chi connectivity index (χ1n) is 14.0. The number of nitrogens with zero attached hydrogens (tertiary/aromatic N) is 1. The average molecular weight is 527 g/mol. The molecule has 0 heterocycles. The molecule has 4 nitrogen and oxygen atoms in total. The molecule has 0 radical (unpaired) electrons. The molecule has 5 heteroatoms. The average Bonchev–Trinajstić information content (AvgIpc) is 2.90. The van der Waals surface area contributed by atoms with Gasteiger partial charge in [0.25, 0.3) is 0 Å². The molecule has 0 aromatic heterocycles. The lowest BCUT2D eigenvalue weighted by Crippen LogP contribution is -2.21. The number of hydrogen-bond acceptors (Lipinski definition) is 3. The summed E-state index contributed by atoms with van der Waals surface area (Å²) in [5.74, 6) is 1.80. The quantitative estimate of drug-likeness (QED) is 0.198. The van der Waals surface area contributed by atoms with E-state index in [1.54, 1.807) is 7.11 Å². The molecular formula is C32H50N2O2S. The summed E-state index contributed by atoms with van der Waals surface area (Å²) in [7, 11) is -0.512. The van der Waals surface area contributed by atoms with Crippen molar-refractivity contribution in [3.63, 3.8) is 0 Å². The van der Waals surface area contributed by atoms with Crippen molar-refractivity contribution in [1.29, 1.82) is 5.26 Å². The summed E-state index contributed by atoms with van der Waals surface area (Å²) in [4.78, 5) is 0. The third kappa shape index (κ3) is 11.8. The van der Waals surface area contributed by atoms with Crippen LogP contribution in [0.5, 0.6) is 0 Å². The van der Waals surface area contributed by atoms with E-state index < -0.39 is 9.71 Å². The molecule has 0 aliphatic rings. The van der Waals surface area contributed by atoms with Crippen molar-refractivity contribution in [3.05, 3.63) is 64.7 Å². The largest absolute Gasteiger partial charge is 0.385 e. The van der Waals surface area contributed by atoms with E-state index in [-0.39, 0.29) is 0 Å². The normalized spacial score (nSPS) is 13.2. The molecule has 0 amide bonds. The molecule has 0 saturated heterocycles. The van der Waals surface area contributed by atoms with Crippen molar-refractivity contribution in [1.82, 2.24) is 0 Å². The van der Waals surface area contributed by atoms with Gasteiger partial charge in [0.1, 0.15) is 0 Å². The third-order valence-electron chi connectivity index (χ3n) is 6.74. The van der Waals surface area contributed by atoms with E-state index in [1.165, 1.54) is 36.8 Å². The predicted octanol–water partition coefficient (Wildman–Crippen LogP) is 8.61. The summed E-state index contributed by atoms with van der Waals surface area (Å²) in [5, 5.41) is 10.6. The molecule has 0 saturated carbocycles. The molecule has 0 aliphatic carbocycles. The van der Waals surface area contributed by atoms with Gasteiger partial charge in [0, 0.05) is 34.9 Å². The molecule has 2 unspecified atom stereocenters. The summed E-state index contributed by atoms with van der Waals surface area (Å²) in [5.41, 5.74) is 5.56. The van der Waals surface area contributed by atoms with Crippen LogP contribution in [0.3, 0.4) is 0 Å². The fraction of sp³-hybridized carbons (Fsp3) is 0.562. The van der Waals surface area contributed by atoms with E-state index in [1.807, 2.05) is 24.4 Å². The lowest BCUT2D eigenvalue weighted by Gasteiger charge is -2.18. The molecule has 0 fully saturated rings. The number of nitriles is 1. The first-order valence-corrected chi connectivity index (χ1v) is 15.8. The summed E-state index contributed by atoms with van der Waals surface area (Å²) in [6.45, 7) is 13.6. The number of methoxy groups -OCH3 is 1. The van der Waals surface area contributed by atoms with Crippen molar-refractivity contribution >= 4 is 20.8 Å². The van der Waals surface area contributed by atoms with Crippen LogP contribution in [0.15, 0.2) is 42.5 Å². The Hall–Kier alpha value is -2.29. The van der Waals surface area contributed by atoms with Crippen LogP contribution in [0.4, 0.5) is 5.69 Å². The highest BCUT2D eigenvalue weighted by Crippen LogP contribution is 2.27. The lowest BCUT2D eigenvalue weighted by atomic mass is 9.90. The van der Waals surface area contributed by atoms with Gasteiger partial charge in [0.15, 0.2) is 0 Å². The number of anilines is 1. The molecular weight excluding hydrogens is 476 g/mol. The molecule has 1 N–H and O–H groups in total. The first kappa shape index (κ1) is 32.7. The van der Waals surface area contributed by atoms with Gasteiger partial charge in [0.05, 0.1) is 11.6 Å². The Morgan fingerprint density at radius 2 is 1.65 bits per heavy atom. The molecule has 2 rings (SSSR count). The minimum Gasteiger partial charge on any atom is -0.385 e. The van der Waals surface area contributed by atoms with Crippen molar-refractivity contribution in [3.8, 4) is 6.07 Å². The van der Waals surface area contributed by atoms with E-state index in [2.05, 4.69) is 75.7 Å². The highest BCUT2D eigenvalue weighted by atomic mass is 32.2. The second kappa shape index (κ2) is 18.0. The van der Waals surface area contributed by atoms with Gasteiger partial charge in [-0.3, -0.25) is 0 Å². The molecule has 2 aromatic carbocycles. The SMILES string of the molecule is CCC=S(=O)(CCCOC)Nc1cc(C(C)CC)ccc1C.CCCC(CCC)c1ccc(C#N)cc1. The molecule has 0 bridgehead atoms. The van der Waals surface area contributed by atoms with Crippen LogP contribution in [-0.2, 0) is 14.4 Å². The van der Waals surface area contributed by atoms with Crippen LogP contribution in [-0.4, -0.2) is 29.0 Å². The maximum absolute atomic E-state index is 13.1. The van der Waals surface area contributed by atoms with Crippen molar-refractivity contribution < 1.29 is 8.95 Å². The van der Waals surface area contributed by atoms with Gasteiger partial charge >= 0.3 is 0 Å². The topological polar surface area (TPSA) is 62.1 Å². The van der Waals surface area contributed by atoms with E-state index in [0.29, 0.717) is 24.2 Å². The number of ether oxygens (including phenoxy) is 1. The van der Waals surface area contributed by atoms with Crippen LogP contribution in [0.25, 0.3) is 0 Å². The monoisotopic (exact) mass is 526 g/mol. The number of hydrogen-bond donors (Lipinski definition) is 1. The van der Waals surface area contributed by atoms with Crippen molar-refractivity contribution in [2.45, 2.75) is 98.3 Å². The predicted molar refractivity (Wildman–Crippen MR) is 163 cm³/mol. The van der Waals surface area contributed by atoms with Crippen LogP contribution >= 0.6 is 0 Å². The minimum absolute atomic E-state index is 0.515. The Bertz CT molecular complexity index is 1060. The Balaban J connectivity index is 0.000000397. The summed E-state index contributed by atoms with van der Waals surface area (Å²) < 4.78 is 21.5. The van der Waals surface area contributed by atoms with Crippen LogP contribution < -0.4 is 4.72 Å². The molecule has 206 valence electrons. The number of nitrogens with one attached hydrogen (secondary N) is 1. The minimum atomic E-state index is -2.19. The first-order chi connectivity index (χ1) is 17.8. The van der Waals surface area contributed by atoms with Gasteiger partial charge < -0.3 is 9.46 Å². The van der Waals surface area contributed by atoms with Gasteiger partial charge in [0.2, 0.25) is 0 Å². The Morgan fingerprint density at radius 3 is 2.16 bits per heavy atom. The maximum Gasteiger partial charge on any atom is 0.0991 e. The maximum atomic E-state index is 13.1. The molecule has 0 spiro atoms. The van der Waals surface area contributed by atoms with E-state index in [0.717, 1.165) is 36.1 Å². The Labute approximate surface area is 228 Å². The molecule has 2 atom stereocenters. The molecule has 0 aliphatic heterocycles. The highest BCUT2D eigenvalue weighted by Gasteiger charge is 2.11. The van der Waals surface area contributed by atoms with E-state index in [9.17, 15) is 4.21 Å². The Morgan fingerprint density at radius 1 is 1.03 bits per heavy atom. The third-order valence-corrected chi connectivity index (χ3v) is 9.08. The second-order valence-electron chi connectivity index (χ2n) is 9.85. The van der Waals surface area contributed by atoms with E-state index in [4.69, 9.17) is 10.00 Å². The van der Waals surface area contributed by atoms with Gasteiger partial charge in [-0.1, -0.05) is 71.7 Å². The van der Waals surface area contributed by atoms with Gasteiger partial charge in [-0.2, -0.15) is 5.26 Å². The lowest BCUT2D eigenvalue weighted by molar-refractivity contribution is 0.200. The standard InChI is InChI=1S/C18H31NO2S.C14H19N/c1-6-12-22(20,13-8-11-21-5)19-18-14-17(15(3)7-2)10-9-16(18)4;1-3-5-13(6-4-2)14-9-7-12(11-15)8-10-14/h9-10,12,14-15H,6-8,11,13H2,1-5H3,(H,19,20);7-10,13H,3-6H2,1-2H3. The molecule has 37 heavy (non-hydrogen) atoms. The second-order valence-corrected chi connectivity index (χ2v) is 12.2. The molecule has 2 aromatic rings. The summed E-state index contributed by atoms with van der Waals surface area (Å²) >= 11 is 0. The van der Waals surface area contributed by atoms with E-state index >= 15 is 0 Å². The summed E-state index contributed by atoms with van der Waals surface area (Å²) in [6, 6.07) is 16.7. The number of benzene rings is 2.